The Morgan fingerprint density at radius 2 is 2.12 bits per heavy atom. The molecule has 9 heteroatoms. The van der Waals surface area contributed by atoms with Crippen molar-refractivity contribution in [1.82, 2.24) is 15.0 Å². The number of hydrogen-bond donors (Lipinski definition) is 4. The van der Waals surface area contributed by atoms with E-state index in [1.165, 1.54) is 17.8 Å². The summed E-state index contributed by atoms with van der Waals surface area (Å²) in [6, 6.07) is 3.43. The second kappa shape index (κ2) is 6.98. The number of amides is 1. The molecule has 130 valence electrons. The molecule has 25 heavy (non-hydrogen) atoms. The monoisotopic (exact) mass is 358 g/mol. The first-order valence-electron chi connectivity index (χ1n) is 7.66. The van der Waals surface area contributed by atoms with Crippen molar-refractivity contribution in [3.8, 4) is 11.3 Å². The van der Waals surface area contributed by atoms with E-state index in [9.17, 15) is 9.59 Å². The van der Waals surface area contributed by atoms with Crippen LogP contribution in [-0.2, 0) is 4.79 Å². The number of carbonyl (C=O) groups is 1. The smallest absolute Gasteiger partial charge is 0.247 e. The minimum absolute atomic E-state index is 0.177. The molecule has 0 radical (unpaired) electrons. The number of rotatable bonds is 6. The lowest BCUT2D eigenvalue weighted by molar-refractivity contribution is -0.113. The van der Waals surface area contributed by atoms with Crippen molar-refractivity contribution in [2.24, 2.45) is 11.5 Å². The number of hydrogen-bond acceptors (Lipinski definition) is 7. The van der Waals surface area contributed by atoms with Crippen LogP contribution >= 0.6 is 11.8 Å². The van der Waals surface area contributed by atoms with Gasteiger partial charge in [0.15, 0.2) is 0 Å². The van der Waals surface area contributed by atoms with Crippen LogP contribution in [0.15, 0.2) is 34.2 Å². The van der Waals surface area contributed by atoms with Crippen LogP contribution in [0.4, 0.5) is 5.95 Å². The number of primary amides is 1. The van der Waals surface area contributed by atoms with Crippen molar-refractivity contribution in [2.75, 3.05) is 11.6 Å². The van der Waals surface area contributed by atoms with Crippen molar-refractivity contribution >= 4 is 29.3 Å². The third-order valence-electron chi connectivity index (χ3n) is 3.62. The minimum atomic E-state index is -0.655. The SMILES string of the molecule is CSc1nc(NC2CC2)nc(-c2ccc(=O)[nH]c2)c1/C(N)=C/C(N)=O. The van der Waals surface area contributed by atoms with E-state index in [0.29, 0.717) is 33.8 Å². The van der Waals surface area contributed by atoms with Gasteiger partial charge in [0.1, 0.15) is 5.03 Å². The van der Waals surface area contributed by atoms with Crippen LogP contribution in [0, 0.1) is 0 Å². The predicted octanol–water partition coefficient (Wildman–Crippen LogP) is 0.913. The fraction of sp³-hybridized carbons (Fsp3) is 0.250. The summed E-state index contributed by atoms with van der Waals surface area (Å²) in [7, 11) is 0. The van der Waals surface area contributed by atoms with Crippen molar-refractivity contribution in [1.29, 1.82) is 0 Å². The molecule has 1 fully saturated rings. The molecule has 0 saturated heterocycles. The summed E-state index contributed by atoms with van der Waals surface area (Å²) in [5.74, 6) is -0.166. The van der Waals surface area contributed by atoms with E-state index in [-0.39, 0.29) is 11.3 Å². The topological polar surface area (TPSA) is 140 Å². The first-order valence-corrected chi connectivity index (χ1v) is 8.89. The lowest BCUT2D eigenvalue weighted by Crippen LogP contribution is -2.14. The van der Waals surface area contributed by atoms with Gasteiger partial charge in [0.05, 0.1) is 11.3 Å². The molecule has 2 aromatic rings. The van der Waals surface area contributed by atoms with E-state index in [0.717, 1.165) is 18.9 Å². The number of nitrogens with zero attached hydrogens (tertiary/aromatic N) is 2. The number of pyridine rings is 1. The Balaban J connectivity index is 2.20. The number of aromatic nitrogens is 3. The predicted molar refractivity (Wildman–Crippen MR) is 97.9 cm³/mol. The Morgan fingerprint density at radius 3 is 2.68 bits per heavy atom. The van der Waals surface area contributed by atoms with Gasteiger partial charge in [0.25, 0.3) is 0 Å². The zero-order valence-electron chi connectivity index (χ0n) is 13.6. The quantitative estimate of drug-likeness (QED) is 0.342. The van der Waals surface area contributed by atoms with Crippen molar-refractivity contribution in [3.05, 3.63) is 40.3 Å². The highest BCUT2D eigenvalue weighted by Gasteiger charge is 2.24. The molecule has 2 aromatic heterocycles. The highest BCUT2D eigenvalue weighted by atomic mass is 32.2. The molecular weight excluding hydrogens is 340 g/mol. The molecule has 0 bridgehead atoms. The maximum absolute atomic E-state index is 11.4. The first kappa shape index (κ1) is 17.0. The van der Waals surface area contributed by atoms with E-state index >= 15 is 0 Å². The number of nitrogens with two attached hydrogens (primary N) is 2. The molecule has 8 nitrogen and oxygen atoms in total. The maximum atomic E-state index is 11.4. The minimum Gasteiger partial charge on any atom is -0.398 e. The van der Waals surface area contributed by atoms with E-state index in [1.54, 1.807) is 12.3 Å². The third kappa shape index (κ3) is 4.00. The number of carbonyl (C=O) groups excluding carboxylic acids is 1. The molecule has 6 N–H and O–H groups in total. The summed E-state index contributed by atoms with van der Waals surface area (Å²) in [6.07, 6.45) is 6.72. The zero-order valence-corrected chi connectivity index (χ0v) is 14.4. The van der Waals surface area contributed by atoms with Gasteiger partial charge in [-0.1, -0.05) is 0 Å². The van der Waals surface area contributed by atoms with Gasteiger partial charge < -0.3 is 21.8 Å². The summed E-state index contributed by atoms with van der Waals surface area (Å²) in [4.78, 5) is 34.3. The summed E-state index contributed by atoms with van der Waals surface area (Å²) in [5, 5.41) is 3.88. The first-order chi connectivity index (χ1) is 12.0. The molecule has 1 saturated carbocycles. The van der Waals surface area contributed by atoms with Gasteiger partial charge >= 0.3 is 0 Å². The summed E-state index contributed by atoms with van der Waals surface area (Å²) in [5.41, 5.74) is 13.0. The van der Waals surface area contributed by atoms with Crippen LogP contribution < -0.4 is 22.3 Å². The lowest BCUT2D eigenvalue weighted by Gasteiger charge is -2.15. The lowest BCUT2D eigenvalue weighted by atomic mass is 10.1. The van der Waals surface area contributed by atoms with E-state index in [1.807, 2.05) is 6.26 Å². The van der Waals surface area contributed by atoms with Crippen LogP contribution in [0.3, 0.4) is 0 Å². The number of thioether (sulfide) groups is 1. The number of aromatic amines is 1. The number of H-pyrrole nitrogens is 1. The molecule has 0 spiro atoms. The normalized spacial score (nSPS) is 14.4. The van der Waals surface area contributed by atoms with Gasteiger partial charge in [0.2, 0.25) is 17.4 Å². The van der Waals surface area contributed by atoms with E-state index in [2.05, 4.69) is 20.3 Å². The molecule has 2 heterocycles. The van der Waals surface area contributed by atoms with Crippen LogP contribution in [-0.4, -0.2) is 33.2 Å². The highest BCUT2D eigenvalue weighted by molar-refractivity contribution is 7.98. The molecule has 0 aromatic carbocycles. The molecule has 1 amide bonds. The molecule has 0 aliphatic heterocycles. The molecule has 0 unspecified atom stereocenters. The fourth-order valence-corrected chi connectivity index (χ4v) is 2.91. The molecule has 0 atom stereocenters. The van der Waals surface area contributed by atoms with Gasteiger partial charge in [-0.2, -0.15) is 0 Å². The van der Waals surface area contributed by atoms with E-state index < -0.39 is 5.91 Å². The molecule has 1 aliphatic carbocycles. The highest BCUT2D eigenvalue weighted by Crippen LogP contribution is 2.33. The number of anilines is 1. The van der Waals surface area contributed by atoms with Gasteiger partial charge in [-0.25, -0.2) is 9.97 Å². The molecule has 1 aliphatic rings. The van der Waals surface area contributed by atoms with Crippen LogP contribution in [0.2, 0.25) is 0 Å². The average Bonchev–Trinajstić information content (AvgIpc) is 3.38. The standard InChI is InChI=1S/C16H18N6O2S/c1-25-15-13(10(17)6-11(18)23)14(8-2-5-12(24)19-7-8)21-16(22-15)20-9-3-4-9/h2,5-7,9H,3-4,17H2,1H3,(H2,18,23)(H,19,24)(H,20,21,22)/b10-6-. The third-order valence-corrected chi connectivity index (χ3v) is 4.31. The molecular formula is C16H18N6O2S. The number of nitrogens with one attached hydrogen (secondary N) is 2. The Labute approximate surface area is 148 Å². The average molecular weight is 358 g/mol. The fourth-order valence-electron chi connectivity index (χ4n) is 2.32. The van der Waals surface area contributed by atoms with Crippen molar-refractivity contribution in [2.45, 2.75) is 23.9 Å². The van der Waals surface area contributed by atoms with Gasteiger partial charge in [-0.15, -0.1) is 11.8 Å². The Morgan fingerprint density at radius 1 is 1.36 bits per heavy atom. The Hall–Kier alpha value is -2.81. The summed E-state index contributed by atoms with van der Waals surface area (Å²) in [6.45, 7) is 0. The second-order valence-corrected chi connectivity index (χ2v) is 6.44. The summed E-state index contributed by atoms with van der Waals surface area (Å²) < 4.78 is 0. The van der Waals surface area contributed by atoms with Crippen LogP contribution in [0.1, 0.15) is 18.4 Å². The van der Waals surface area contributed by atoms with Crippen LogP contribution in [0.25, 0.3) is 17.0 Å². The van der Waals surface area contributed by atoms with E-state index in [4.69, 9.17) is 11.5 Å². The molecule has 3 rings (SSSR count). The summed E-state index contributed by atoms with van der Waals surface area (Å²) >= 11 is 1.39. The van der Waals surface area contributed by atoms with Gasteiger partial charge in [0, 0.05) is 35.6 Å². The van der Waals surface area contributed by atoms with Crippen LogP contribution in [0.5, 0.6) is 0 Å². The largest absolute Gasteiger partial charge is 0.398 e. The Bertz CT molecular complexity index is 883. The zero-order chi connectivity index (χ0) is 18.0. The van der Waals surface area contributed by atoms with Gasteiger partial charge in [-0.3, -0.25) is 9.59 Å². The Kier molecular flexibility index (Phi) is 4.75. The second-order valence-electron chi connectivity index (χ2n) is 5.64. The maximum Gasteiger partial charge on any atom is 0.247 e. The van der Waals surface area contributed by atoms with Crippen molar-refractivity contribution < 1.29 is 4.79 Å². The van der Waals surface area contributed by atoms with Crippen molar-refractivity contribution in [3.63, 3.8) is 0 Å². The van der Waals surface area contributed by atoms with Gasteiger partial charge in [-0.05, 0) is 25.2 Å².